The van der Waals surface area contributed by atoms with Gasteiger partial charge >= 0.3 is 6.09 Å². The number of ether oxygens (including phenoxy) is 1. The number of hydrogen-bond donors (Lipinski definition) is 2. The molecular weight excluding hydrogens is 478 g/mol. The number of nitrogens with zero attached hydrogens (tertiary/aromatic N) is 1. The first kappa shape index (κ1) is 31.6. The summed E-state index contributed by atoms with van der Waals surface area (Å²) in [4.78, 5) is 42.6. The van der Waals surface area contributed by atoms with Gasteiger partial charge in [-0.3, -0.25) is 9.59 Å². The zero-order valence-electron chi connectivity index (χ0n) is 25.0. The zero-order chi connectivity index (χ0) is 28.5. The lowest BCUT2D eigenvalue weighted by atomic mass is 9.93. The van der Waals surface area contributed by atoms with Crippen LogP contribution in [0.25, 0.3) is 0 Å². The van der Waals surface area contributed by atoms with Gasteiger partial charge in [-0.05, 0) is 82.9 Å². The Hall–Kier alpha value is -2.57. The van der Waals surface area contributed by atoms with E-state index < -0.39 is 23.8 Å². The Kier molecular flexibility index (Phi) is 12.1. The molecule has 1 aromatic rings. The van der Waals surface area contributed by atoms with Crippen molar-refractivity contribution in [2.45, 2.75) is 130 Å². The van der Waals surface area contributed by atoms with Crippen molar-refractivity contribution >= 4 is 17.9 Å². The van der Waals surface area contributed by atoms with Crippen molar-refractivity contribution in [1.82, 2.24) is 15.5 Å². The molecule has 1 aromatic carbocycles. The fraction of sp³-hybridized carbons (Fsp3) is 0.710. The van der Waals surface area contributed by atoms with Gasteiger partial charge in [0.2, 0.25) is 11.8 Å². The van der Waals surface area contributed by atoms with Gasteiger partial charge < -0.3 is 20.3 Å². The van der Waals surface area contributed by atoms with Crippen molar-refractivity contribution in [3.63, 3.8) is 0 Å². The van der Waals surface area contributed by atoms with E-state index >= 15 is 0 Å². The van der Waals surface area contributed by atoms with Crippen LogP contribution in [0.15, 0.2) is 18.2 Å². The van der Waals surface area contributed by atoms with E-state index in [-0.39, 0.29) is 23.8 Å². The zero-order valence-corrected chi connectivity index (χ0v) is 25.0. The molecule has 0 heterocycles. The number of rotatable bonds is 11. The molecule has 2 N–H and O–H groups in total. The van der Waals surface area contributed by atoms with Crippen LogP contribution in [0.4, 0.5) is 4.79 Å². The number of nitrogens with one attached hydrogen (secondary N) is 2. The van der Waals surface area contributed by atoms with Gasteiger partial charge in [-0.25, -0.2) is 4.79 Å². The van der Waals surface area contributed by atoms with Crippen LogP contribution >= 0.6 is 0 Å². The highest BCUT2D eigenvalue weighted by molar-refractivity contribution is 5.92. The first-order chi connectivity index (χ1) is 17.8. The van der Waals surface area contributed by atoms with Crippen LogP contribution in [0.3, 0.4) is 0 Å². The smallest absolute Gasteiger partial charge is 0.408 e. The largest absolute Gasteiger partial charge is 0.444 e. The molecule has 2 unspecified atom stereocenters. The highest BCUT2D eigenvalue weighted by Crippen LogP contribution is 2.27. The van der Waals surface area contributed by atoms with Crippen LogP contribution < -0.4 is 10.6 Å². The van der Waals surface area contributed by atoms with Gasteiger partial charge in [-0.1, -0.05) is 64.7 Å². The Bertz CT molecular complexity index is 932. The summed E-state index contributed by atoms with van der Waals surface area (Å²) in [5.74, 6) is -0.242. The molecule has 0 aliphatic heterocycles. The van der Waals surface area contributed by atoms with Crippen molar-refractivity contribution in [3.8, 4) is 0 Å². The topological polar surface area (TPSA) is 87.7 Å². The molecule has 0 aromatic heterocycles. The highest BCUT2D eigenvalue weighted by Gasteiger charge is 2.37. The number of carbonyl (C=O) groups excluding carboxylic acids is 3. The quantitative estimate of drug-likeness (QED) is 0.349. The van der Waals surface area contributed by atoms with Gasteiger partial charge in [0.25, 0.3) is 0 Å². The highest BCUT2D eigenvalue weighted by atomic mass is 16.6. The third-order valence-electron chi connectivity index (χ3n) is 7.09. The Morgan fingerprint density at radius 3 is 2.26 bits per heavy atom. The monoisotopic (exact) mass is 529 g/mol. The average molecular weight is 530 g/mol. The van der Waals surface area contributed by atoms with E-state index in [1.807, 2.05) is 45.9 Å². The molecule has 0 spiro atoms. The Morgan fingerprint density at radius 1 is 1.05 bits per heavy atom. The predicted octanol–water partition coefficient (Wildman–Crippen LogP) is 6.36. The third-order valence-corrected chi connectivity index (χ3v) is 7.09. The molecule has 214 valence electrons. The average Bonchev–Trinajstić information content (AvgIpc) is 2.82. The van der Waals surface area contributed by atoms with Gasteiger partial charge in [-0.15, -0.1) is 0 Å². The Morgan fingerprint density at radius 2 is 1.71 bits per heavy atom. The summed E-state index contributed by atoms with van der Waals surface area (Å²) in [6.45, 7) is 16.0. The number of alkyl carbamates (subject to hydrolysis) is 1. The van der Waals surface area contributed by atoms with E-state index in [1.165, 1.54) is 6.42 Å². The second-order valence-corrected chi connectivity index (χ2v) is 12.3. The summed E-state index contributed by atoms with van der Waals surface area (Å²) in [5.41, 5.74) is 2.33. The maximum Gasteiger partial charge on any atom is 0.408 e. The molecule has 7 nitrogen and oxygen atoms in total. The van der Waals surface area contributed by atoms with Crippen LogP contribution in [0.1, 0.15) is 116 Å². The molecule has 1 fully saturated rings. The number of aryl methyl sites for hydroxylation is 2. The lowest BCUT2D eigenvalue weighted by Crippen LogP contribution is -2.54. The van der Waals surface area contributed by atoms with Crippen molar-refractivity contribution in [1.29, 1.82) is 0 Å². The molecule has 1 saturated carbocycles. The molecule has 0 bridgehead atoms. The molecular formula is C31H51N3O4. The summed E-state index contributed by atoms with van der Waals surface area (Å²) in [6.07, 6.45) is 6.79. The molecule has 0 radical (unpaired) electrons. The minimum Gasteiger partial charge on any atom is -0.444 e. The van der Waals surface area contributed by atoms with Gasteiger partial charge in [0.05, 0.1) is 0 Å². The SMILES string of the molecule is CCCCN(C(=O)C(CC(C)C)NC(=O)OC(C)(C)C)C(C(=O)NC1CCCCC1)c1ccc(C)c(C)c1. The fourth-order valence-electron chi connectivity index (χ4n) is 4.97. The third kappa shape index (κ3) is 9.95. The van der Waals surface area contributed by atoms with Gasteiger partial charge in [-0.2, -0.15) is 0 Å². The second kappa shape index (κ2) is 14.5. The molecule has 2 atom stereocenters. The van der Waals surface area contributed by atoms with Crippen LogP contribution in [-0.4, -0.2) is 47.0 Å². The molecule has 0 saturated heterocycles. The maximum atomic E-state index is 14.2. The van der Waals surface area contributed by atoms with Gasteiger partial charge in [0.1, 0.15) is 17.7 Å². The second-order valence-electron chi connectivity index (χ2n) is 12.3. The van der Waals surface area contributed by atoms with Gasteiger partial charge in [0, 0.05) is 12.6 Å². The predicted molar refractivity (Wildman–Crippen MR) is 153 cm³/mol. The van der Waals surface area contributed by atoms with E-state index in [4.69, 9.17) is 4.74 Å². The van der Waals surface area contributed by atoms with Crippen LogP contribution in [0, 0.1) is 19.8 Å². The van der Waals surface area contributed by atoms with E-state index in [0.29, 0.717) is 13.0 Å². The first-order valence-corrected chi connectivity index (χ1v) is 14.5. The standard InChI is InChI=1S/C31H51N3O4/c1-9-10-18-34(29(36)26(19-21(2)3)33-30(37)38-31(6,7)8)27(24-17-16-22(4)23(5)20-24)28(35)32-25-14-12-11-13-15-25/h16-17,20-21,25-27H,9-15,18-19H2,1-8H3,(H,32,35)(H,33,37). The number of unbranched alkanes of at least 4 members (excludes halogenated alkanes) is 1. The first-order valence-electron chi connectivity index (χ1n) is 14.5. The van der Waals surface area contributed by atoms with E-state index in [2.05, 4.69) is 17.6 Å². The maximum absolute atomic E-state index is 14.2. The number of hydrogen-bond acceptors (Lipinski definition) is 4. The molecule has 1 aliphatic carbocycles. The number of carbonyl (C=O) groups is 3. The lowest BCUT2D eigenvalue weighted by Gasteiger charge is -2.36. The summed E-state index contributed by atoms with van der Waals surface area (Å²) in [7, 11) is 0. The van der Waals surface area contributed by atoms with Gasteiger partial charge in [0.15, 0.2) is 0 Å². The van der Waals surface area contributed by atoms with Crippen molar-refractivity contribution < 1.29 is 19.1 Å². The van der Waals surface area contributed by atoms with Crippen molar-refractivity contribution in [3.05, 3.63) is 34.9 Å². The molecule has 38 heavy (non-hydrogen) atoms. The van der Waals surface area contributed by atoms with Crippen LogP contribution in [0.5, 0.6) is 0 Å². The summed E-state index contributed by atoms with van der Waals surface area (Å²) in [6, 6.07) is 4.55. The normalized spacial score (nSPS) is 16.0. The van der Waals surface area contributed by atoms with Crippen LogP contribution in [0.2, 0.25) is 0 Å². The summed E-state index contributed by atoms with van der Waals surface area (Å²) in [5, 5.41) is 6.09. The summed E-state index contributed by atoms with van der Waals surface area (Å²) < 4.78 is 5.48. The van der Waals surface area contributed by atoms with E-state index in [9.17, 15) is 14.4 Å². The van der Waals surface area contributed by atoms with Crippen LogP contribution in [-0.2, 0) is 14.3 Å². The molecule has 2 rings (SSSR count). The molecule has 7 heteroatoms. The fourth-order valence-corrected chi connectivity index (χ4v) is 4.97. The number of amides is 3. The minimum absolute atomic E-state index is 0.125. The minimum atomic E-state index is -0.793. The van der Waals surface area contributed by atoms with E-state index in [1.54, 1.807) is 25.7 Å². The van der Waals surface area contributed by atoms with Crippen molar-refractivity contribution in [2.24, 2.45) is 5.92 Å². The molecule has 3 amide bonds. The Balaban J connectivity index is 2.48. The number of benzene rings is 1. The van der Waals surface area contributed by atoms with Crippen molar-refractivity contribution in [2.75, 3.05) is 6.54 Å². The Labute approximate surface area is 230 Å². The summed E-state index contributed by atoms with van der Waals surface area (Å²) >= 11 is 0. The molecule has 1 aliphatic rings. The lowest BCUT2D eigenvalue weighted by molar-refractivity contribution is -0.143. The van der Waals surface area contributed by atoms with E-state index in [0.717, 1.165) is 55.2 Å².